The molecule has 0 spiro atoms. The molecule has 234 valence electrons. The van der Waals surface area contributed by atoms with Crippen LogP contribution in [-0.2, 0) is 36.8 Å². The number of hydrogen-bond donors (Lipinski definition) is 8. The molecule has 0 aliphatic carbocycles. The summed E-state index contributed by atoms with van der Waals surface area (Å²) in [7, 11) is 0. The van der Waals surface area contributed by atoms with Crippen molar-refractivity contribution in [1.82, 2.24) is 21.3 Å². The molecule has 6 atom stereocenters. The number of rotatable bonds is 15. The van der Waals surface area contributed by atoms with Crippen LogP contribution < -0.4 is 32.7 Å². The van der Waals surface area contributed by atoms with Gasteiger partial charge >= 0.3 is 0 Å². The van der Waals surface area contributed by atoms with Crippen LogP contribution in [0, 0.1) is 5.92 Å². The number of phenolic OH excluding ortho intramolecular Hbond substituents is 1. The van der Waals surface area contributed by atoms with Gasteiger partial charge in [0.1, 0.15) is 36.0 Å². The number of carbonyl (C=O) groups is 5. The second kappa shape index (κ2) is 16.2. The number of benzene rings is 2. The molecule has 10 N–H and O–H groups in total. The molecule has 0 fully saturated rings. The van der Waals surface area contributed by atoms with Crippen LogP contribution in [0.1, 0.15) is 38.8 Å². The van der Waals surface area contributed by atoms with E-state index in [1.807, 2.05) is 0 Å². The molecule has 2 aromatic carbocycles. The highest BCUT2D eigenvalue weighted by molar-refractivity contribution is 5.95. The van der Waals surface area contributed by atoms with Gasteiger partial charge in [-0.2, -0.15) is 0 Å². The van der Waals surface area contributed by atoms with Gasteiger partial charge in [-0.1, -0.05) is 56.3 Å². The van der Waals surface area contributed by atoms with Crippen molar-refractivity contribution in [1.29, 1.82) is 0 Å². The van der Waals surface area contributed by atoms with E-state index in [4.69, 9.17) is 11.5 Å². The van der Waals surface area contributed by atoms with Gasteiger partial charge in [0.05, 0.1) is 6.10 Å². The summed E-state index contributed by atoms with van der Waals surface area (Å²) in [5.41, 5.74) is 12.6. The van der Waals surface area contributed by atoms with E-state index in [-0.39, 0.29) is 18.6 Å². The van der Waals surface area contributed by atoms with Gasteiger partial charge in [0.15, 0.2) is 0 Å². The van der Waals surface area contributed by atoms with Gasteiger partial charge in [0.25, 0.3) is 0 Å². The summed E-state index contributed by atoms with van der Waals surface area (Å²) in [6, 6.07) is 9.30. The van der Waals surface area contributed by atoms with Crippen LogP contribution in [0.4, 0.5) is 0 Å². The molecule has 0 aliphatic heterocycles. The summed E-state index contributed by atoms with van der Waals surface area (Å²) in [4.78, 5) is 64.0. The van der Waals surface area contributed by atoms with Crippen LogP contribution in [0.3, 0.4) is 0 Å². The fourth-order valence-corrected chi connectivity index (χ4v) is 4.09. The van der Waals surface area contributed by atoms with Crippen LogP contribution >= 0.6 is 0 Å². The summed E-state index contributed by atoms with van der Waals surface area (Å²) in [5.74, 6) is -3.89. The van der Waals surface area contributed by atoms with E-state index < -0.39 is 71.8 Å². The van der Waals surface area contributed by atoms with Gasteiger partial charge < -0.3 is 42.9 Å². The number of aliphatic hydroxyl groups excluding tert-OH is 1. The molecule has 0 radical (unpaired) electrons. The molecule has 0 heterocycles. The standard InChI is InChI=1S/C30H42N6O7/c1-16(2)25(36-28(41)23(15-19-8-6-5-7-9-19)35-29(42)24(31)18(4)37)30(43)33-17(3)27(40)34-22(26(32)39)14-20-10-12-21(38)13-11-20/h5-13,16-18,22-25,37-38H,14-15,31H2,1-4H3,(H2,32,39)(H,33,43)(H,34,40)(H,35,42)(H,36,41)/t17-,18+,22-,23-,24-,25-/m0/s1. The number of nitrogens with two attached hydrogens (primary N) is 2. The van der Waals surface area contributed by atoms with Gasteiger partial charge in [0, 0.05) is 12.8 Å². The van der Waals surface area contributed by atoms with Crippen molar-refractivity contribution in [2.24, 2.45) is 17.4 Å². The second-order valence-electron chi connectivity index (χ2n) is 10.8. The van der Waals surface area contributed by atoms with Crippen LogP contribution in [0.2, 0.25) is 0 Å². The number of aliphatic hydroxyl groups is 1. The fourth-order valence-electron chi connectivity index (χ4n) is 4.09. The van der Waals surface area contributed by atoms with E-state index in [1.165, 1.54) is 26.0 Å². The van der Waals surface area contributed by atoms with Crippen molar-refractivity contribution in [3.8, 4) is 5.75 Å². The highest BCUT2D eigenvalue weighted by atomic mass is 16.3. The summed E-state index contributed by atoms with van der Waals surface area (Å²) in [6.45, 7) is 6.17. The van der Waals surface area contributed by atoms with Crippen LogP contribution in [0.5, 0.6) is 5.75 Å². The van der Waals surface area contributed by atoms with Crippen LogP contribution in [0.15, 0.2) is 54.6 Å². The zero-order valence-electron chi connectivity index (χ0n) is 24.7. The van der Waals surface area contributed by atoms with Gasteiger partial charge in [-0.3, -0.25) is 24.0 Å². The number of hydrogen-bond acceptors (Lipinski definition) is 8. The van der Waals surface area contributed by atoms with Crippen LogP contribution in [-0.4, -0.2) is 76.1 Å². The first kappa shape index (κ1) is 34.7. The third-order valence-electron chi connectivity index (χ3n) is 6.77. The molecule has 13 nitrogen and oxygen atoms in total. The molecular formula is C30H42N6O7. The molecule has 0 saturated heterocycles. The lowest BCUT2D eigenvalue weighted by molar-refractivity contribution is -0.135. The van der Waals surface area contributed by atoms with Crippen molar-refractivity contribution in [2.75, 3.05) is 0 Å². The lowest BCUT2D eigenvalue weighted by Crippen LogP contribution is -2.60. The highest BCUT2D eigenvalue weighted by Gasteiger charge is 2.32. The third kappa shape index (κ3) is 11.0. The Morgan fingerprint density at radius 2 is 1.23 bits per heavy atom. The van der Waals surface area contributed by atoms with Gasteiger partial charge in [0.2, 0.25) is 29.5 Å². The molecular weight excluding hydrogens is 556 g/mol. The molecule has 43 heavy (non-hydrogen) atoms. The van der Waals surface area contributed by atoms with Gasteiger partial charge in [-0.25, -0.2) is 0 Å². The van der Waals surface area contributed by atoms with Crippen molar-refractivity contribution in [3.05, 3.63) is 65.7 Å². The van der Waals surface area contributed by atoms with Crippen molar-refractivity contribution >= 4 is 29.5 Å². The van der Waals surface area contributed by atoms with E-state index in [1.54, 1.807) is 56.3 Å². The number of amides is 5. The Morgan fingerprint density at radius 3 is 1.77 bits per heavy atom. The molecule has 13 heteroatoms. The van der Waals surface area contributed by atoms with E-state index >= 15 is 0 Å². The normalized spacial score (nSPS) is 15.2. The molecule has 0 aromatic heterocycles. The van der Waals surface area contributed by atoms with Crippen LogP contribution in [0.25, 0.3) is 0 Å². The molecule has 0 aliphatic rings. The Hall–Kier alpha value is -4.49. The minimum atomic E-state index is -1.27. The average molecular weight is 599 g/mol. The maximum atomic E-state index is 13.4. The third-order valence-corrected chi connectivity index (χ3v) is 6.77. The lowest BCUT2D eigenvalue weighted by atomic mass is 10.00. The first-order valence-corrected chi connectivity index (χ1v) is 14.0. The molecule has 5 amide bonds. The predicted molar refractivity (Wildman–Crippen MR) is 159 cm³/mol. The molecule has 2 rings (SSSR count). The second-order valence-corrected chi connectivity index (χ2v) is 10.8. The fraction of sp³-hybridized carbons (Fsp3) is 0.433. The monoisotopic (exact) mass is 598 g/mol. The summed E-state index contributed by atoms with van der Waals surface area (Å²) in [5, 5.41) is 29.5. The Kier molecular flexibility index (Phi) is 13.1. The maximum Gasteiger partial charge on any atom is 0.243 e. The zero-order valence-corrected chi connectivity index (χ0v) is 24.7. The Balaban J connectivity index is 2.11. The number of phenols is 1. The van der Waals surface area contributed by atoms with E-state index in [0.717, 1.165) is 5.56 Å². The maximum absolute atomic E-state index is 13.4. The Morgan fingerprint density at radius 1 is 0.698 bits per heavy atom. The zero-order chi connectivity index (χ0) is 32.3. The largest absolute Gasteiger partial charge is 0.508 e. The Labute approximate surface area is 250 Å². The summed E-state index contributed by atoms with van der Waals surface area (Å²) in [6.07, 6.45) is -0.997. The van der Waals surface area contributed by atoms with E-state index in [0.29, 0.717) is 5.56 Å². The Bertz CT molecular complexity index is 1250. The molecule has 0 bridgehead atoms. The van der Waals surface area contributed by atoms with Crippen molar-refractivity contribution < 1.29 is 34.2 Å². The predicted octanol–water partition coefficient (Wildman–Crippen LogP) is -1.01. The van der Waals surface area contributed by atoms with E-state index in [9.17, 15) is 34.2 Å². The number of carbonyl (C=O) groups excluding carboxylic acids is 5. The first-order valence-electron chi connectivity index (χ1n) is 14.0. The summed E-state index contributed by atoms with van der Waals surface area (Å²) >= 11 is 0. The average Bonchev–Trinajstić information content (AvgIpc) is 2.95. The number of aromatic hydroxyl groups is 1. The van der Waals surface area contributed by atoms with Gasteiger partial charge in [-0.15, -0.1) is 0 Å². The number of nitrogens with one attached hydrogen (secondary N) is 4. The minimum absolute atomic E-state index is 0.0450. The van der Waals surface area contributed by atoms with E-state index in [2.05, 4.69) is 21.3 Å². The number of primary amides is 1. The molecule has 0 saturated carbocycles. The van der Waals surface area contributed by atoms with Gasteiger partial charge in [-0.05, 0) is 43.0 Å². The lowest BCUT2D eigenvalue weighted by Gasteiger charge is -2.27. The van der Waals surface area contributed by atoms with Crippen molar-refractivity contribution in [3.63, 3.8) is 0 Å². The van der Waals surface area contributed by atoms with Crippen molar-refractivity contribution in [2.45, 2.75) is 76.8 Å². The summed E-state index contributed by atoms with van der Waals surface area (Å²) < 4.78 is 0. The quantitative estimate of drug-likeness (QED) is 0.126. The molecule has 0 unspecified atom stereocenters. The topological polar surface area (TPSA) is 226 Å². The SMILES string of the molecule is CC(C)[C@H](NC(=O)[C@H](Cc1ccccc1)NC(=O)[C@@H](N)[C@@H](C)O)C(=O)N[C@@H](C)C(=O)N[C@@H](Cc1ccc(O)cc1)C(N)=O. The first-order chi connectivity index (χ1) is 20.2. The minimum Gasteiger partial charge on any atom is -0.508 e. The highest BCUT2D eigenvalue weighted by Crippen LogP contribution is 2.12. The smallest absolute Gasteiger partial charge is 0.243 e. The molecule has 2 aromatic rings.